The Hall–Kier alpha value is -1.92. The number of hydrogen-bond donors (Lipinski definition) is 2. The first-order chi connectivity index (χ1) is 14.2. The Morgan fingerprint density at radius 3 is 2.66 bits per heavy atom. The zero-order chi connectivity index (χ0) is 20.1. The molecule has 2 N–H and O–H groups in total. The fourth-order valence-electron chi connectivity index (χ4n) is 4.61. The molecule has 6 nitrogen and oxygen atoms in total. The van der Waals surface area contributed by atoms with E-state index in [0.717, 1.165) is 64.7 Å². The maximum atomic E-state index is 13.1. The van der Waals surface area contributed by atoms with Crippen LogP contribution in [0.5, 0.6) is 0 Å². The topological polar surface area (TPSA) is 64.7 Å². The number of likely N-dealkylation sites (tertiary alicyclic amines) is 1. The molecule has 3 aliphatic rings. The minimum Gasteiger partial charge on any atom is -0.354 e. The van der Waals surface area contributed by atoms with Crippen LogP contribution in [-0.2, 0) is 16.1 Å². The van der Waals surface area contributed by atoms with Crippen LogP contribution in [-0.4, -0.2) is 66.4 Å². The molecule has 158 valence electrons. The van der Waals surface area contributed by atoms with E-state index in [0.29, 0.717) is 25.0 Å². The van der Waals surface area contributed by atoms with Crippen LogP contribution in [0, 0.1) is 5.92 Å². The van der Waals surface area contributed by atoms with E-state index >= 15 is 0 Å². The summed E-state index contributed by atoms with van der Waals surface area (Å²) in [5, 5.41) is 6.38. The van der Waals surface area contributed by atoms with Gasteiger partial charge >= 0.3 is 0 Å². The highest BCUT2D eigenvalue weighted by Crippen LogP contribution is 2.29. The Balaban J connectivity index is 1.25. The third-order valence-corrected chi connectivity index (χ3v) is 6.41. The van der Waals surface area contributed by atoms with Gasteiger partial charge in [0.25, 0.3) is 0 Å². The first-order valence-electron chi connectivity index (χ1n) is 11.3. The molecule has 4 rings (SSSR count). The summed E-state index contributed by atoms with van der Waals surface area (Å²) in [6.07, 6.45) is 6.50. The number of rotatable bonds is 8. The molecule has 2 heterocycles. The van der Waals surface area contributed by atoms with Gasteiger partial charge in [-0.25, -0.2) is 0 Å². The highest BCUT2D eigenvalue weighted by molar-refractivity contribution is 5.82. The lowest BCUT2D eigenvalue weighted by Gasteiger charge is -2.34. The molecule has 2 saturated heterocycles. The minimum absolute atomic E-state index is 0.0126. The smallest absolute Gasteiger partial charge is 0.237 e. The fourth-order valence-corrected chi connectivity index (χ4v) is 4.61. The van der Waals surface area contributed by atoms with Crippen LogP contribution in [0.25, 0.3) is 0 Å². The molecule has 1 aromatic carbocycles. The third-order valence-electron chi connectivity index (χ3n) is 6.41. The van der Waals surface area contributed by atoms with Crippen molar-refractivity contribution < 1.29 is 9.59 Å². The van der Waals surface area contributed by atoms with Crippen molar-refractivity contribution in [3.05, 3.63) is 35.9 Å². The van der Waals surface area contributed by atoms with E-state index < -0.39 is 0 Å². The van der Waals surface area contributed by atoms with E-state index in [-0.39, 0.29) is 17.9 Å². The van der Waals surface area contributed by atoms with E-state index in [2.05, 4.69) is 32.6 Å². The highest BCUT2D eigenvalue weighted by atomic mass is 16.2. The van der Waals surface area contributed by atoms with Crippen LogP contribution >= 0.6 is 0 Å². The van der Waals surface area contributed by atoms with Crippen LogP contribution in [0.15, 0.2) is 30.3 Å². The average molecular weight is 399 g/mol. The van der Waals surface area contributed by atoms with Crippen LogP contribution in [0.4, 0.5) is 0 Å². The van der Waals surface area contributed by atoms with Gasteiger partial charge < -0.3 is 15.5 Å². The van der Waals surface area contributed by atoms with Gasteiger partial charge in [0.15, 0.2) is 0 Å². The normalized spacial score (nSPS) is 25.0. The van der Waals surface area contributed by atoms with Crippen molar-refractivity contribution in [2.45, 2.75) is 57.2 Å². The predicted octanol–water partition coefficient (Wildman–Crippen LogP) is 1.76. The van der Waals surface area contributed by atoms with Gasteiger partial charge in [-0.3, -0.25) is 14.5 Å². The molecule has 2 unspecified atom stereocenters. The summed E-state index contributed by atoms with van der Waals surface area (Å²) in [7, 11) is 0. The standard InChI is InChI=1S/C23H34N4O2/c28-22(27(20-10-11-20)16-18-6-2-1-3-7-18)17-26-13-5-8-19(15-26)14-25-23(29)21-9-4-12-24-21/h1-3,6-7,19-21,24H,4-5,8-17H2,(H,25,29). The molecule has 1 saturated carbocycles. The molecule has 0 aromatic heterocycles. The van der Waals surface area contributed by atoms with Crippen molar-refractivity contribution in [3.63, 3.8) is 0 Å². The van der Waals surface area contributed by atoms with Crippen LogP contribution in [0.1, 0.15) is 44.1 Å². The number of amides is 2. The Kier molecular flexibility index (Phi) is 6.82. The molecule has 1 aromatic rings. The Bertz CT molecular complexity index is 685. The second kappa shape index (κ2) is 9.72. The predicted molar refractivity (Wildman–Crippen MR) is 113 cm³/mol. The maximum absolute atomic E-state index is 13.1. The number of hydrogen-bond acceptors (Lipinski definition) is 4. The second-order valence-electron chi connectivity index (χ2n) is 8.88. The number of carbonyl (C=O) groups is 2. The molecule has 29 heavy (non-hydrogen) atoms. The van der Waals surface area contributed by atoms with Crippen LogP contribution < -0.4 is 10.6 Å². The van der Waals surface area contributed by atoms with Gasteiger partial charge in [0.2, 0.25) is 11.8 Å². The van der Waals surface area contributed by atoms with Crippen molar-refractivity contribution in [2.75, 3.05) is 32.7 Å². The van der Waals surface area contributed by atoms with Gasteiger partial charge in [0.1, 0.15) is 0 Å². The summed E-state index contributed by atoms with van der Waals surface area (Å²) in [5.41, 5.74) is 1.20. The summed E-state index contributed by atoms with van der Waals surface area (Å²) >= 11 is 0. The van der Waals surface area contributed by atoms with Crippen molar-refractivity contribution in [2.24, 2.45) is 5.92 Å². The molecule has 0 radical (unpaired) electrons. The Labute approximate surface area is 174 Å². The monoisotopic (exact) mass is 398 g/mol. The van der Waals surface area contributed by atoms with Crippen LogP contribution in [0.2, 0.25) is 0 Å². The molecular weight excluding hydrogens is 364 g/mol. The van der Waals surface area contributed by atoms with Crippen LogP contribution in [0.3, 0.4) is 0 Å². The number of benzene rings is 1. The minimum atomic E-state index is -0.0126. The molecule has 3 fully saturated rings. The molecule has 0 bridgehead atoms. The van der Waals surface area contributed by atoms with Gasteiger partial charge in [0, 0.05) is 25.7 Å². The SMILES string of the molecule is O=C(NCC1CCCN(CC(=O)N(Cc2ccccc2)C2CC2)C1)C1CCCN1. The van der Waals surface area contributed by atoms with Crippen molar-refractivity contribution >= 4 is 11.8 Å². The molecule has 2 atom stereocenters. The molecule has 2 aliphatic heterocycles. The van der Waals surface area contributed by atoms with Gasteiger partial charge in [-0.2, -0.15) is 0 Å². The van der Waals surface area contributed by atoms with Gasteiger partial charge in [0.05, 0.1) is 12.6 Å². The first kappa shape index (κ1) is 20.4. The van der Waals surface area contributed by atoms with Gasteiger partial charge in [-0.15, -0.1) is 0 Å². The van der Waals surface area contributed by atoms with Crippen molar-refractivity contribution in [1.29, 1.82) is 0 Å². The lowest BCUT2D eigenvalue weighted by atomic mass is 9.97. The Morgan fingerprint density at radius 1 is 1.10 bits per heavy atom. The molecule has 1 aliphatic carbocycles. The summed E-state index contributed by atoms with van der Waals surface area (Å²) in [6.45, 7) is 4.75. The fraction of sp³-hybridized carbons (Fsp3) is 0.652. The Morgan fingerprint density at radius 2 is 1.93 bits per heavy atom. The zero-order valence-corrected chi connectivity index (χ0v) is 17.3. The zero-order valence-electron chi connectivity index (χ0n) is 17.3. The van der Waals surface area contributed by atoms with Gasteiger partial charge in [-0.1, -0.05) is 30.3 Å². The molecule has 0 spiro atoms. The van der Waals surface area contributed by atoms with Crippen molar-refractivity contribution in [1.82, 2.24) is 20.4 Å². The molecule has 6 heteroatoms. The largest absolute Gasteiger partial charge is 0.354 e. The van der Waals surface area contributed by atoms with E-state index in [1.807, 2.05) is 18.2 Å². The number of carbonyl (C=O) groups excluding carboxylic acids is 2. The first-order valence-corrected chi connectivity index (χ1v) is 11.3. The summed E-state index contributed by atoms with van der Waals surface area (Å²) in [5.74, 6) is 0.820. The highest BCUT2D eigenvalue weighted by Gasteiger charge is 2.34. The third kappa shape index (κ3) is 5.80. The van der Waals surface area contributed by atoms with Crippen molar-refractivity contribution in [3.8, 4) is 0 Å². The molecule has 2 amide bonds. The number of nitrogens with zero attached hydrogens (tertiary/aromatic N) is 2. The average Bonchev–Trinajstić information content (AvgIpc) is 3.43. The number of nitrogens with one attached hydrogen (secondary N) is 2. The molecular formula is C23H34N4O2. The number of piperidine rings is 1. The van der Waals surface area contributed by atoms with E-state index in [4.69, 9.17) is 0 Å². The summed E-state index contributed by atoms with van der Waals surface area (Å²) in [4.78, 5) is 29.7. The van der Waals surface area contributed by atoms with E-state index in [1.165, 1.54) is 5.56 Å². The lowest BCUT2D eigenvalue weighted by Crippen LogP contribution is -2.48. The summed E-state index contributed by atoms with van der Waals surface area (Å²) in [6, 6.07) is 10.7. The lowest BCUT2D eigenvalue weighted by molar-refractivity contribution is -0.134. The van der Waals surface area contributed by atoms with E-state index in [9.17, 15) is 9.59 Å². The second-order valence-corrected chi connectivity index (χ2v) is 8.88. The maximum Gasteiger partial charge on any atom is 0.237 e. The van der Waals surface area contributed by atoms with E-state index in [1.54, 1.807) is 0 Å². The van der Waals surface area contributed by atoms with Gasteiger partial charge in [-0.05, 0) is 63.1 Å². The quantitative estimate of drug-likeness (QED) is 0.700. The summed E-state index contributed by atoms with van der Waals surface area (Å²) < 4.78 is 0.